The lowest BCUT2D eigenvalue weighted by Crippen LogP contribution is -2.53. The van der Waals surface area contributed by atoms with Gasteiger partial charge in [-0.25, -0.2) is 0 Å². The van der Waals surface area contributed by atoms with Gasteiger partial charge >= 0.3 is 0 Å². The van der Waals surface area contributed by atoms with Crippen LogP contribution in [0.3, 0.4) is 0 Å². The van der Waals surface area contributed by atoms with Gasteiger partial charge in [0.2, 0.25) is 0 Å². The summed E-state index contributed by atoms with van der Waals surface area (Å²) in [7, 11) is 5.98. The summed E-state index contributed by atoms with van der Waals surface area (Å²) in [4.78, 5) is 15.1. The van der Waals surface area contributed by atoms with Gasteiger partial charge in [-0.1, -0.05) is 19.3 Å². The van der Waals surface area contributed by atoms with Gasteiger partial charge in [0.05, 0.1) is 27.8 Å². The number of carbonyl (C=O) groups excluding carboxylic acids is 1. The summed E-state index contributed by atoms with van der Waals surface area (Å²) in [5.41, 5.74) is 1.65. The Morgan fingerprint density at radius 2 is 1.95 bits per heavy atom. The highest BCUT2D eigenvalue weighted by atomic mass is 79.9. The van der Waals surface area contributed by atoms with Gasteiger partial charge in [-0.2, -0.15) is 5.10 Å². The predicted molar refractivity (Wildman–Crippen MR) is 83.9 cm³/mol. The first-order valence-electron chi connectivity index (χ1n) is 7.27. The third kappa shape index (κ3) is 2.70. The molecule has 1 aromatic rings. The average Bonchev–Trinajstić information content (AvgIpc) is 2.66. The van der Waals surface area contributed by atoms with Gasteiger partial charge in [0, 0.05) is 7.05 Å². The fraction of sp³-hybridized carbons (Fsp3) is 0.733. The minimum atomic E-state index is -0.282. The number of rotatable bonds is 4. The van der Waals surface area contributed by atoms with Crippen molar-refractivity contribution in [1.82, 2.24) is 14.7 Å². The van der Waals surface area contributed by atoms with Crippen LogP contribution in [0.4, 0.5) is 0 Å². The van der Waals surface area contributed by atoms with Crippen LogP contribution >= 0.6 is 15.9 Å². The number of nitrogens with zero attached hydrogens (tertiary/aromatic N) is 3. The van der Waals surface area contributed by atoms with Gasteiger partial charge in [0.25, 0.3) is 0 Å². The summed E-state index contributed by atoms with van der Waals surface area (Å²) in [6.07, 6.45) is 5.96. The number of hydrogen-bond donors (Lipinski definition) is 0. The Labute approximate surface area is 129 Å². The first-order chi connectivity index (χ1) is 9.38. The number of likely N-dealkylation sites (N-methyl/N-ethyl adjacent to an activating group) is 1. The minimum absolute atomic E-state index is 0.282. The van der Waals surface area contributed by atoms with Gasteiger partial charge in [-0.15, -0.1) is 0 Å². The molecule has 112 valence electrons. The highest BCUT2D eigenvalue weighted by Gasteiger charge is 2.41. The zero-order valence-corrected chi connectivity index (χ0v) is 14.5. The molecule has 0 aromatic carbocycles. The van der Waals surface area contributed by atoms with Crippen LogP contribution in [-0.4, -0.2) is 40.1 Å². The minimum Gasteiger partial charge on any atom is -0.297 e. The Morgan fingerprint density at radius 3 is 2.40 bits per heavy atom. The first-order valence-corrected chi connectivity index (χ1v) is 8.06. The van der Waals surface area contributed by atoms with E-state index in [1.54, 1.807) is 0 Å². The van der Waals surface area contributed by atoms with Crippen LogP contribution in [0.1, 0.15) is 43.5 Å². The van der Waals surface area contributed by atoms with Gasteiger partial charge in [-0.3, -0.25) is 14.4 Å². The van der Waals surface area contributed by atoms with Crippen LogP contribution < -0.4 is 0 Å². The molecular weight excluding hydrogens is 318 g/mol. The summed E-state index contributed by atoms with van der Waals surface area (Å²) >= 11 is 3.56. The molecule has 0 atom stereocenters. The normalized spacial score (nSPS) is 18.5. The van der Waals surface area contributed by atoms with E-state index in [0.717, 1.165) is 41.5 Å². The molecule has 0 aliphatic heterocycles. The molecule has 0 unspecified atom stereocenters. The van der Waals surface area contributed by atoms with E-state index < -0.39 is 0 Å². The fourth-order valence-electron chi connectivity index (χ4n) is 3.30. The second-order valence-electron chi connectivity index (χ2n) is 6.06. The van der Waals surface area contributed by atoms with Crippen LogP contribution in [0, 0.1) is 6.92 Å². The van der Waals surface area contributed by atoms with Crippen molar-refractivity contribution in [3.8, 4) is 0 Å². The lowest BCUT2D eigenvalue weighted by Gasteiger charge is -2.41. The topological polar surface area (TPSA) is 38.1 Å². The second-order valence-corrected chi connectivity index (χ2v) is 6.85. The molecule has 0 amide bonds. The summed E-state index contributed by atoms with van der Waals surface area (Å²) in [5.74, 6) is 0.325. The van der Waals surface area contributed by atoms with E-state index in [1.165, 1.54) is 6.42 Å². The number of carbonyl (C=O) groups is 1. The van der Waals surface area contributed by atoms with Gasteiger partial charge in [-0.05, 0) is 49.8 Å². The van der Waals surface area contributed by atoms with Crippen LogP contribution in [0.15, 0.2) is 4.47 Å². The highest BCUT2D eigenvalue weighted by Crippen LogP contribution is 2.34. The third-order valence-corrected chi connectivity index (χ3v) is 5.68. The van der Waals surface area contributed by atoms with E-state index in [4.69, 9.17) is 0 Å². The smallest absolute Gasteiger partial charge is 0.159 e. The molecule has 5 heteroatoms. The standard InChI is InChI=1S/C15H24BrN3O/c1-11-14(16)12(19(4)17-11)10-13(20)15(18(2)3)8-6-5-7-9-15/h5-10H2,1-4H3. The molecule has 1 saturated carbocycles. The number of hydrogen-bond acceptors (Lipinski definition) is 3. The Hall–Kier alpha value is -0.680. The van der Waals surface area contributed by atoms with E-state index in [0.29, 0.717) is 12.2 Å². The summed E-state index contributed by atoms with van der Waals surface area (Å²) in [6, 6.07) is 0. The van der Waals surface area contributed by atoms with Crippen molar-refractivity contribution in [2.24, 2.45) is 7.05 Å². The van der Waals surface area contributed by atoms with Crippen molar-refractivity contribution in [3.63, 3.8) is 0 Å². The van der Waals surface area contributed by atoms with Gasteiger partial charge in [0.15, 0.2) is 5.78 Å². The van der Waals surface area contributed by atoms with Crippen molar-refractivity contribution < 1.29 is 4.79 Å². The first kappa shape index (κ1) is 15.7. The van der Waals surface area contributed by atoms with Gasteiger partial charge < -0.3 is 0 Å². The Balaban J connectivity index is 2.25. The molecule has 1 heterocycles. The summed E-state index contributed by atoms with van der Waals surface area (Å²) in [5, 5.41) is 4.38. The van der Waals surface area contributed by atoms with Crippen LogP contribution in [0.2, 0.25) is 0 Å². The maximum absolute atomic E-state index is 12.9. The maximum Gasteiger partial charge on any atom is 0.159 e. The molecule has 1 aliphatic carbocycles. The molecule has 20 heavy (non-hydrogen) atoms. The largest absolute Gasteiger partial charge is 0.297 e. The molecule has 4 nitrogen and oxygen atoms in total. The monoisotopic (exact) mass is 341 g/mol. The fourth-order valence-corrected chi connectivity index (χ4v) is 3.78. The molecule has 0 saturated heterocycles. The molecule has 0 N–H and O–H groups in total. The molecule has 0 spiro atoms. The van der Waals surface area contributed by atoms with Crippen LogP contribution in [-0.2, 0) is 18.3 Å². The van der Waals surface area contributed by atoms with Crippen molar-refractivity contribution in [2.75, 3.05) is 14.1 Å². The van der Waals surface area contributed by atoms with E-state index in [-0.39, 0.29) is 5.54 Å². The molecule has 1 aromatic heterocycles. The van der Waals surface area contributed by atoms with E-state index in [9.17, 15) is 4.79 Å². The molecule has 1 aliphatic rings. The average molecular weight is 342 g/mol. The van der Waals surface area contributed by atoms with Crippen molar-refractivity contribution in [3.05, 3.63) is 15.9 Å². The molecular formula is C15H24BrN3O. The number of aromatic nitrogens is 2. The maximum atomic E-state index is 12.9. The number of ketones is 1. The zero-order valence-electron chi connectivity index (χ0n) is 12.9. The number of halogens is 1. The lowest BCUT2D eigenvalue weighted by molar-refractivity contribution is -0.131. The lowest BCUT2D eigenvalue weighted by atomic mass is 9.76. The van der Waals surface area contributed by atoms with Crippen molar-refractivity contribution in [2.45, 2.75) is 51.0 Å². The molecule has 1 fully saturated rings. The molecule has 0 radical (unpaired) electrons. The predicted octanol–water partition coefficient (Wildman–Crippen LogP) is 2.87. The van der Waals surface area contributed by atoms with Crippen LogP contribution in [0.25, 0.3) is 0 Å². The Morgan fingerprint density at radius 1 is 1.35 bits per heavy atom. The quantitative estimate of drug-likeness (QED) is 0.845. The van der Waals surface area contributed by atoms with Gasteiger partial charge in [0.1, 0.15) is 0 Å². The molecule has 2 rings (SSSR count). The number of Topliss-reactive ketones (excluding diaryl/α,β-unsaturated/α-hetero) is 1. The van der Waals surface area contributed by atoms with Crippen molar-refractivity contribution >= 4 is 21.7 Å². The SMILES string of the molecule is Cc1nn(C)c(CC(=O)C2(N(C)C)CCCCC2)c1Br. The van der Waals surface area contributed by atoms with Crippen molar-refractivity contribution in [1.29, 1.82) is 0 Å². The van der Waals surface area contributed by atoms with Crippen LogP contribution in [0.5, 0.6) is 0 Å². The Bertz CT molecular complexity index is 501. The van der Waals surface area contributed by atoms with E-state index in [2.05, 4.69) is 25.9 Å². The molecule has 0 bridgehead atoms. The summed E-state index contributed by atoms with van der Waals surface area (Å²) < 4.78 is 2.79. The highest BCUT2D eigenvalue weighted by molar-refractivity contribution is 9.10. The zero-order chi connectivity index (χ0) is 14.9. The third-order valence-electron chi connectivity index (χ3n) is 4.65. The Kier molecular flexibility index (Phi) is 4.69. The number of aryl methyl sites for hydroxylation is 2. The summed E-state index contributed by atoms with van der Waals surface area (Å²) in [6.45, 7) is 1.96. The van der Waals surface area contributed by atoms with E-state index in [1.807, 2.05) is 32.7 Å². The second kappa shape index (κ2) is 5.98. The van der Waals surface area contributed by atoms with E-state index >= 15 is 0 Å².